The number of para-hydroxylation sites is 4. The third-order valence-corrected chi connectivity index (χ3v) is 2.42. The molecule has 0 spiro atoms. The van der Waals surface area contributed by atoms with E-state index in [4.69, 9.17) is 0 Å². The van der Waals surface area contributed by atoms with Crippen LogP contribution in [-0.2, 0) is 0 Å². The lowest BCUT2D eigenvalue weighted by Crippen LogP contribution is -2.18. The second-order valence-corrected chi connectivity index (χ2v) is 4.14. The Kier molecular flexibility index (Phi) is 4.57. The zero-order chi connectivity index (χ0) is 17.1. The summed E-state index contributed by atoms with van der Waals surface area (Å²) < 4.78 is 81.5. The standard InChI is InChI=1S/C14H8F6NO2/c15-13(16,17)22-11-7-3-1-5-9(11)21-10-6-2-4-8-12(10)23-14(18,19)20/h1-8H. The predicted molar refractivity (Wildman–Crippen MR) is 67.7 cm³/mol. The van der Waals surface area contributed by atoms with E-state index in [9.17, 15) is 26.3 Å². The van der Waals surface area contributed by atoms with Crippen molar-refractivity contribution in [1.29, 1.82) is 0 Å². The van der Waals surface area contributed by atoms with Crippen LogP contribution in [0.1, 0.15) is 0 Å². The summed E-state index contributed by atoms with van der Waals surface area (Å²) >= 11 is 0. The number of hydrogen-bond donors (Lipinski definition) is 0. The first-order chi connectivity index (χ1) is 10.6. The SMILES string of the molecule is FC(F)(F)Oc1ccccc1[N]c1ccccc1OC(F)(F)F. The van der Waals surface area contributed by atoms with Crippen molar-refractivity contribution in [2.75, 3.05) is 0 Å². The Hall–Kier alpha value is -2.58. The van der Waals surface area contributed by atoms with Crippen LogP contribution in [0.4, 0.5) is 37.7 Å². The van der Waals surface area contributed by atoms with Gasteiger partial charge >= 0.3 is 12.7 Å². The molecule has 1 radical (unpaired) electrons. The second kappa shape index (κ2) is 6.27. The van der Waals surface area contributed by atoms with Crippen LogP contribution < -0.4 is 14.8 Å². The summed E-state index contributed by atoms with van der Waals surface area (Å²) in [5.74, 6) is -1.27. The van der Waals surface area contributed by atoms with Crippen LogP contribution in [0.25, 0.3) is 0 Å². The molecule has 2 rings (SSSR count). The van der Waals surface area contributed by atoms with Gasteiger partial charge in [-0.15, -0.1) is 26.3 Å². The molecule has 0 aliphatic rings. The normalized spacial score (nSPS) is 11.9. The molecule has 3 nitrogen and oxygen atoms in total. The van der Waals surface area contributed by atoms with Crippen LogP contribution in [0.15, 0.2) is 48.5 Å². The lowest BCUT2D eigenvalue weighted by molar-refractivity contribution is -0.275. The first-order valence-corrected chi connectivity index (χ1v) is 6.05. The maximum Gasteiger partial charge on any atom is 0.573 e. The Morgan fingerprint density at radius 3 is 1.30 bits per heavy atom. The van der Waals surface area contributed by atoms with Crippen LogP contribution in [0, 0.1) is 0 Å². The number of halogens is 6. The molecule has 0 saturated carbocycles. The fourth-order valence-electron chi connectivity index (χ4n) is 1.65. The molecule has 0 fully saturated rings. The minimum Gasteiger partial charge on any atom is -0.403 e. The first-order valence-electron chi connectivity index (χ1n) is 6.05. The van der Waals surface area contributed by atoms with Gasteiger partial charge in [0, 0.05) is 0 Å². The molecule has 0 bridgehead atoms. The van der Waals surface area contributed by atoms with Gasteiger partial charge in [0.2, 0.25) is 0 Å². The summed E-state index contributed by atoms with van der Waals surface area (Å²) in [5, 5.41) is 3.76. The second-order valence-electron chi connectivity index (χ2n) is 4.14. The molecule has 2 aromatic rings. The third kappa shape index (κ3) is 5.28. The quantitative estimate of drug-likeness (QED) is 0.732. The topological polar surface area (TPSA) is 32.6 Å². The van der Waals surface area contributed by atoms with E-state index in [1.54, 1.807) is 0 Å². The average molecular weight is 336 g/mol. The van der Waals surface area contributed by atoms with Crippen molar-refractivity contribution in [3.05, 3.63) is 48.5 Å². The molecule has 0 aromatic heterocycles. The third-order valence-electron chi connectivity index (χ3n) is 2.42. The molecule has 9 heteroatoms. The van der Waals surface area contributed by atoms with Crippen molar-refractivity contribution in [1.82, 2.24) is 5.32 Å². The Balaban J connectivity index is 2.30. The highest BCUT2D eigenvalue weighted by molar-refractivity contribution is 5.61. The van der Waals surface area contributed by atoms with Crippen molar-refractivity contribution < 1.29 is 35.8 Å². The Morgan fingerprint density at radius 1 is 0.609 bits per heavy atom. The van der Waals surface area contributed by atoms with Crippen molar-refractivity contribution in [3.8, 4) is 11.5 Å². The van der Waals surface area contributed by atoms with Crippen LogP contribution in [-0.4, -0.2) is 12.7 Å². The highest BCUT2D eigenvalue weighted by Gasteiger charge is 2.33. The van der Waals surface area contributed by atoms with Gasteiger partial charge in [0.15, 0.2) is 11.5 Å². The number of ether oxygens (including phenoxy) is 2. The number of alkyl halides is 6. The molecule has 2 aromatic carbocycles. The summed E-state index contributed by atoms with van der Waals surface area (Å²) in [6, 6.07) is 9.64. The fraction of sp³-hybridized carbons (Fsp3) is 0.143. The van der Waals surface area contributed by atoms with E-state index in [-0.39, 0.29) is 11.4 Å². The fourth-order valence-corrected chi connectivity index (χ4v) is 1.65. The van der Waals surface area contributed by atoms with Gasteiger partial charge in [0.25, 0.3) is 0 Å². The molecule has 0 aliphatic heterocycles. The molecule has 0 unspecified atom stereocenters. The maximum atomic E-state index is 12.3. The van der Waals surface area contributed by atoms with Gasteiger partial charge in [0.05, 0.1) is 0 Å². The van der Waals surface area contributed by atoms with E-state index < -0.39 is 24.2 Å². The van der Waals surface area contributed by atoms with Crippen molar-refractivity contribution in [2.24, 2.45) is 0 Å². The molecular formula is C14H8F6NO2. The van der Waals surface area contributed by atoms with E-state index in [1.807, 2.05) is 0 Å². The largest absolute Gasteiger partial charge is 0.573 e. The van der Waals surface area contributed by atoms with Crippen molar-refractivity contribution in [3.63, 3.8) is 0 Å². The van der Waals surface area contributed by atoms with Gasteiger partial charge in [-0.05, 0) is 24.3 Å². The molecule has 23 heavy (non-hydrogen) atoms. The van der Waals surface area contributed by atoms with Gasteiger partial charge in [-0.25, -0.2) is 5.32 Å². The Bertz CT molecular complexity index is 611. The minimum atomic E-state index is -4.95. The lowest BCUT2D eigenvalue weighted by atomic mass is 10.2. The summed E-state index contributed by atoms with van der Waals surface area (Å²) in [7, 11) is 0. The van der Waals surface area contributed by atoms with Crippen molar-refractivity contribution in [2.45, 2.75) is 12.7 Å². The summed E-state index contributed by atoms with van der Waals surface area (Å²) in [4.78, 5) is 0. The van der Waals surface area contributed by atoms with E-state index >= 15 is 0 Å². The smallest absolute Gasteiger partial charge is 0.403 e. The van der Waals surface area contributed by atoms with E-state index in [2.05, 4.69) is 14.8 Å². The van der Waals surface area contributed by atoms with Crippen molar-refractivity contribution >= 4 is 11.4 Å². The van der Waals surface area contributed by atoms with Gasteiger partial charge < -0.3 is 9.47 Å². The van der Waals surface area contributed by atoms with Gasteiger partial charge in [-0.1, -0.05) is 24.3 Å². The molecule has 0 amide bonds. The highest BCUT2D eigenvalue weighted by Crippen LogP contribution is 2.36. The average Bonchev–Trinajstić information content (AvgIpc) is 2.40. The van der Waals surface area contributed by atoms with Crippen LogP contribution in [0.2, 0.25) is 0 Å². The van der Waals surface area contributed by atoms with Crippen LogP contribution >= 0.6 is 0 Å². The number of nitrogens with zero attached hydrogens (tertiary/aromatic N) is 1. The van der Waals surface area contributed by atoms with Crippen LogP contribution in [0.3, 0.4) is 0 Å². The number of benzene rings is 2. The summed E-state index contributed by atoms with van der Waals surface area (Å²) in [6.45, 7) is 0. The zero-order valence-electron chi connectivity index (χ0n) is 11.2. The van der Waals surface area contributed by atoms with Gasteiger partial charge in [-0.2, -0.15) is 0 Å². The molecule has 0 atom stereocenters. The number of rotatable bonds is 4. The first kappa shape index (κ1) is 16.8. The highest BCUT2D eigenvalue weighted by atomic mass is 19.4. The minimum absolute atomic E-state index is 0.289. The predicted octanol–water partition coefficient (Wildman–Crippen LogP) is 5.05. The van der Waals surface area contributed by atoms with E-state index in [0.717, 1.165) is 12.1 Å². The lowest BCUT2D eigenvalue weighted by Gasteiger charge is -2.15. The zero-order valence-corrected chi connectivity index (χ0v) is 11.2. The number of hydrogen-bond acceptors (Lipinski definition) is 2. The van der Waals surface area contributed by atoms with Gasteiger partial charge in [-0.3, -0.25) is 0 Å². The van der Waals surface area contributed by atoms with E-state index in [0.29, 0.717) is 0 Å². The molecular weight excluding hydrogens is 328 g/mol. The van der Waals surface area contributed by atoms with E-state index in [1.165, 1.54) is 36.4 Å². The maximum absolute atomic E-state index is 12.3. The van der Waals surface area contributed by atoms with Gasteiger partial charge in [0.1, 0.15) is 11.4 Å². The Labute approximate surface area is 126 Å². The van der Waals surface area contributed by atoms with Crippen LogP contribution in [0.5, 0.6) is 11.5 Å². The Morgan fingerprint density at radius 2 is 0.957 bits per heavy atom. The monoisotopic (exact) mass is 336 g/mol. The summed E-state index contributed by atoms with van der Waals surface area (Å²) in [5.41, 5.74) is -0.578. The molecule has 0 aliphatic carbocycles. The molecule has 0 heterocycles. The molecule has 0 saturated heterocycles. The molecule has 0 N–H and O–H groups in total. The summed E-state index contributed by atoms with van der Waals surface area (Å²) in [6.07, 6.45) is -9.90. The molecule has 123 valence electrons.